The van der Waals surface area contributed by atoms with Crippen LogP contribution in [0.1, 0.15) is 98.3 Å². The fourth-order valence-corrected chi connectivity index (χ4v) is 11.1. The van der Waals surface area contributed by atoms with Crippen molar-refractivity contribution in [2.75, 3.05) is 68.0 Å². The first kappa shape index (κ1) is 59.2. The number of benzene rings is 2. The monoisotopic (exact) mass is 1030 g/mol. The number of amides is 1. The van der Waals surface area contributed by atoms with Crippen molar-refractivity contribution < 1.29 is 91.5 Å². The zero-order valence-electron chi connectivity index (χ0n) is 44.2. The minimum absolute atomic E-state index is 0. The largest absolute Gasteiger partial charge is 0.493 e. The number of aliphatic hydroxyl groups is 4. The summed E-state index contributed by atoms with van der Waals surface area (Å²) in [6.45, 7) is 18.5. The summed E-state index contributed by atoms with van der Waals surface area (Å²) in [5, 5.41) is 42.8. The number of fused-ring (bicyclic) bond motifs is 4. The third kappa shape index (κ3) is 11.2. The van der Waals surface area contributed by atoms with Gasteiger partial charge in [-0.15, -0.1) is 0 Å². The van der Waals surface area contributed by atoms with Crippen molar-refractivity contribution in [3.05, 3.63) is 56.6 Å². The van der Waals surface area contributed by atoms with Gasteiger partial charge in [-0.05, 0) is 87.8 Å². The van der Waals surface area contributed by atoms with Gasteiger partial charge in [0.1, 0.15) is 66.4 Å². The molecule has 404 valence electrons. The molecule has 0 aliphatic carbocycles. The van der Waals surface area contributed by atoms with E-state index >= 15 is 0 Å². The van der Waals surface area contributed by atoms with Crippen LogP contribution in [0, 0.1) is 13.8 Å². The van der Waals surface area contributed by atoms with Gasteiger partial charge in [0.05, 0.1) is 26.4 Å². The molecule has 73 heavy (non-hydrogen) atoms. The van der Waals surface area contributed by atoms with E-state index in [9.17, 15) is 25.2 Å². The molecular formula is C51H75B2NO19. The summed E-state index contributed by atoms with van der Waals surface area (Å²) in [6.07, 6.45) is -6.57. The van der Waals surface area contributed by atoms with E-state index in [4.69, 9.17) is 66.3 Å². The minimum atomic E-state index is -2.22. The molecule has 8 aliphatic heterocycles. The maximum atomic E-state index is 12.3. The van der Waals surface area contributed by atoms with Crippen LogP contribution in [-0.2, 0) is 87.3 Å². The summed E-state index contributed by atoms with van der Waals surface area (Å²) in [6, 6.07) is 4.09. The van der Waals surface area contributed by atoms with Crippen molar-refractivity contribution in [3.8, 4) is 11.5 Å². The van der Waals surface area contributed by atoms with Crippen LogP contribution in [0.25, 0.3) is 0 Å². The van der Waals surface area contributed by atoms with Crippen molar-refractivity contribution in [2.24, 2.45) is 0 Å². The van der Waals surface area contributed by atoms with E-state index in [2.05, 4.69) is 19.9 Å². The Bertz CT molecular complexity index is 2210. The lowest BCUT2D eigenvalue weighted by molar-refractivity contribution is -0.330. The van der Waals surface area contributed by atoms with Gasteiger partial charge in [-0.2, -0.15) is 0 Å². The van der Waals surface area contributed by atoms with Gasteiger partial charge in [0.2, 0.25) is 5.79 Å². The third-order valence-electron chi connectivity index (χ3n) is 14.8. The van der Waals surface area contributed by atoms with E-state index in [0.29, 0.717) is 51.5 Å². The number of rotatable bonds is 10. The van der Waals surface area contributed by atoms with Gasteiger partial charge in [0, 0.05) is 82.3 Å². The zero-order chi connectivity index (χ0) is 51.3. The highest BCUT2D eigenvalue weighted by atomic mass is 16.9. The smallest absolute Gasteiger partial charge is 0.254 e. The third-order valence-corrected chi connectivity index (χ3v) is 14.8. The number of aliphatic hydroxyl groups excluding tert-OH is 3. The molecule has 6 saturated heterocycles. The molecule has 0 bridgehead atoms. The summed E-state index contributed by atoms with van der Waals surface area (Å²) in [5.41, 5.74) is 8.20. The highest BCUT2D eigenvalue weighted by molar-refractivity contribution is 5.82. The molecule has 14 atom stereocenters. The van der Waals surface area contributed by atoms with Crippen LogP contribution in [0.5, 0.6) is 11.5 Å². The van der Waals surface area contributed by atoms with E-state index < -0.39 is 72.9 Å². The average molecular weight is 1030 g/mol. The Kier molecular flexibility index (Phi) is 19.2. The van der Waals surface area contributed by atoms with E-state index in [1.165, 1.54) is 16.7 Å². The maximum absolute atomic E-state index is 12.3. The molecule has 2 aromatic rings. The maximum Gasteiger partial charge on any atom is 0.254 e. The lowest BCUT2D eigenvalue weighted by Gasteiger charge is -2.44. The Hall–Kier alpha value is -3.00. The van der Waals surface area contributed by atoms with E-state index in [-0.39, 0.29) is 47.1 Å². The number of aryl methyl sites for hydroxylation is 2. The lowest BCUT2D eigenvalue weighted by atomic mass is 9.87. The number of carbonyl (C=O) groups is 1. The van der Waals surface area contributed by atoms with Gasteiger partial charge >= 0.3 is 0 Å². The average Bonchev–Trinajstić information content (AvgIpc) is 4.23. The standard InChI is InChI=1S/C20H30O6.C19H26O7.C12H19NO6.2B/c1-7-12-10-14(13-8-9-25-15(13)11(12)2)16-17(21-3)18(22-4)19(23-5)20(24-6)26-16;1-5-10-8-12(11-6-7-23-13(11)9(10)2)15(20)19(22)16(21)14-17(26-19)25-18(3,4)24-14;1-12(2)18-9-7(14)8(17-11(9)19-12)10(15)13-3-5-16-6-4-13;;/h10,16-20H,7-9H2,1-6H3;8,14-17,20-22H,5-7H2,1-4H3;7-9,11,14H,3-6H2,1-2H3;;/t16?,17-,18+,19-,20?;14-,15-,16-,17+,19-;7-,8-,9+,11+;;/m001../s1. The zero-order valence-corrected chi connectivity index (χ0v) is 44.2. The molecular weight excluding hydrogens is 952 g/mol. The van der Waals surface area contributed by atoms with E-state index in [1.807, 2.05) is 19.9 Å². The lowest BCUT2D eigenvalue weighted by Crippen LogP contribution is -2.57. The van der Waals surface area contributed by atoms with Crippen molar-refractivity contribution in [1.29, 1.82) is 0 Å². The fraction of sp³-hybridized carbons (Fsp3) is 0.745. The Morgan fingerprint density at radius 2 is 1.26 bits per heavy atom. The molecule has 6 radical (unpaired) electrons. The number of ether oxygens (including phenoxy) is 14. The SMILES string of the molecule is CC1(C)O[C@@H]2O[C@@H](C(=O)N3CCOCC3)[C@@H](O)[C@@H]2O1.CCc1cc(C2OC(OC)[C@@H](OC)[C@H](OC)[C@H]2OC)c2c(c1C)OCC2.CCc1cc([C@H](O)[C@]2(O)O[C@H]3OC(C)(C)O[C@H]3[C@@H]2O)c2c(c1C)OCC2.[B].[B]. The van der Waals surface area contributed by atoms with Crippen LogP contribution in [0.2, 0.25) is 0 Å². The van der Waals surface area contributed by atoms with Crippen molar-refractivity contribution in [2.45, 2.75) is 178 Å². The topological polar surface area (TPSA) is 230 Å². The predicted molar refractivity (Wildman–Crippen MR) is 261 cm³/mol. The second kappa shape index (κ2) is 23.7. The molecule has 10 rings (SSSR count). The van der Waals surface area contributed by atoms with E-state index in [1.54, 1.807) is 61.0 Å². The molecule has 0 spiro atoms. The molecule has 4 N–H and O–H groups in total. The number of methoxy groups -OCH3 is 4. The summed E-state index contributed by atoms with van der Waals surface area (Å²) >= 11 is 0. The first-order chi connectivity index (χ1) is 33.8. The number of carbonyl (C=O) groups excluding carboxylic acids is 1. The molecule has 2 aromatic carbocycles. The van der Waals surface area contributed by atoms with Crippen molar-refractivity contribution >= 4 is 22.7 Å². The predicted octanol–water partition coefficient (Wildman–Crippen LogP) is 1.99. The highest BCUT2D eigenvalue weighted by Crippen LogP contribution is 2.49. The van der Waals surface area contributed by atoms with Crippen LogP contribution in [-0.4, -0.2) is 201 Å². The van der Waals surface area contributed by atoms with Gasteiger partial charge in [0.25, 0.3) is 5.91 Å². The molecule has 8 heterocycles. The molecule has 20 nitrogen and oxygen atoms in total. The first-order valence-corrected chi connectivity index (χ1v) is 24.8. The van der Waals surface area contributed by atoms with Gasteiger partial charge < -0.3 is 91.6 Å². The quantitative estimate of drug-likeness (QED) is 0.250. The Labute approximate surface area is 432 Å². The molecule has 22 heteroatoms. The van der Waals surface area contributed by atoms with Crippen LogP contribution in [0.15, 0.2) is 12.1 Å². The molecule has 8 aliphatic rings. The van der Waals surface area contributed by atoms with Gasteiger partial charge in [-0.3, -0.25) is 4.79 Å². The molecule has 6 fully saturated rings. The summed E-state index contributed by atoms with van der Waals surface area (Å²) in [4.78, 5) is 13.9. The molecule has 1 amide bonds. The minimum Gasteiger partial charge on any atom is -0.493 e. The first-order valence-electron chi connectivity index (χ1n) is 24.8. The summed E-state index contributed by atoms with van der Waals surface area (Å²) in [5.74, 6) is -2.41. The Morgan fingerprint density at radius 3 is 1.81 bits per heavy atom. The number of hydrogen-bond acceptors (Lipinski definition) is 19. The highest BCUT2D eigenvalue weighted by Gasteiger charge is 2.64. The van der Waals surface area contributed by atoms with Crippen LogP contribution >= 0.6 is 0 Å². The second-order valence-corrected chi connectivity index (χ2v) is 19.9. The van der Waals surface area contributed by atoms with Crippen LogP contribution in [0.3, 0.4) is 0 Å². The van der Waals surface area contributed by atoms with Crippen LogP contribution in [0.4, 0.5) is 0 Å². The summed E-state index contributed by atoms with van der Waals surface area (Å²) in [7, 11) is 6.59. The Morgan fingerprint density at radius 1 is 0.712 bits per heavy atom. The Balaban J connectivity index is 0.000000178. The van der Waals surface area contributed by atoms with Gasteiger partial charge in [0.15, 0.2) is 36.5 Å². The van der Waals surface area contributed by atoms with E-state index in [0.717, 1.165) is 53.0 Å². The van der Waals surface area contributed by atoms with Crippen molar-refractivity contribution in [1.82, 2.24) is 4.90 Å². The van der Waals surface area contributed by atoms with Gasteiger partial charge in [-0.1, -0.05) is 26.0 Å². The number of morpholine rings is 1. The number of hydrogen-bond donors (Lipinski definition) is 4. The second-order valence-electron chi connectivity index (χ2n) is 19.9. The summed E-state index contributed by atoms with van der Waals surface area (Å²) < 4.78 is 79.3. The number of nitrogens with zero attached hydrogens (tertiary/aromatic N) is 1. The molecule has 2 unspecified atom stereocenters. The van der Waals surface area contributed by atoms with Gasteiger partial charge in [-0.25, -0.2) is 0 Å². The van der Waals surface area contributed by atoms with Crippen molar-refractivity contribution in [3.63, 3.8) is 0 Å². The fourth-order valence-electron chi connectivity index (χ4n) is 11.1. The van der Waals surface area contributed by atoms with Crippen LogP contribution < -0.4 is 9.47 Å². The molecule has 0 aromatic heterocycles. The normalized spacial score (nSPS) is 34.5. The molecule has 0 saturated carbocycles.